The van der Waals surface area contributed by atoms with Crippen LogP contribution in [0.1, 0.15) is 6.92 Å². The molecule has 1 aliphatic rings. The number of cyclic esters (lactones) is 2. The smallest absolute Gasteiger partial charge is 0.385 e. The number of carbonyl (C=O) groups excluding carboxylic acids is 1. The molecule has 1 fully saturated rings. The molecule has 0 aromatic carbocycles. The van der Waals surface area contributed by atoms with Crippen LogP contribution in [-0.2, 0) is 14.2 Å². The van der Waals surface area contributed by atoms with Gasteiger partial charge in [-0.05, 0) is 6.92 Å². The molecule has 58 valence electrons. The molecule has 0 aliphatic carbocycles. The SMILES string of the molecule is CCOC1(CO)OC(=O)O1. The van der Waals surface area contributed by atoms with Crippen LogP contribution in [0.2, 0.25) is 0 Å². The summed E-state index contributed by atoms with van der Waals surface area (Å²) in [7, 11) is 0. The van der Waals surface area contributed by atoms with Crippen molar-refractivity contribution in [3.8, 4) is 0 Å². The molecule has 5 heteroatoms. The van der Waals surface area contributed by atoms with Crippen molar-refractivity contribution in [2.75, 3.05) is 13.2 Å². The first-order chi connectivity index (χ1) is 4.72. The van der Waals surface area contributed by atoms with Crippen LogP contribution in [0.4, 0.5) is 4.79 Å². The van der Waals surface area contributed by atoms with Gasteiger partial charge >= 0.3 is 12.1 Å². The molecule has 1 rings (SSSR count). The lowest BCUT2D eigenvalue weighted by atomic mass is 10.5. The maximum Gasteiger partial charge on any atom is 0.518 e. The molecule has 0 amide bonds. The number of rotatable bonds is 3. The number of hydrogen-bond acceptors (Lipinski definition) is 5. The third kappa shape index (κ3) is 1.05. The van der Waals surface area contributed by atoms with E-state index in [1.54, 1.807) is 6.92 Å². The maximum absolute atomic E-state index is 10.1. The highest BCUT2D eigenvalue weighted by molar-refractivity contribution is 5.65. The van der Waals surface area contributed by atoms with Gasteiger partial charge in [-0.2, -0.15) is 0 Å². The lowest BCUT2D eigenvalue weighted by Crippen LogP contribution is -2.55. The van der Waals surface area contributed by atoms with Gasteiger partial charge in [-0.15, -0.1) is 0 Å². The minimum Gasteiger partial charge on any atom is -0.385 e. The minimum absolute atomic E-state index is 0.313. The molecule has 0 radical (unpaired) electrons. The van der Waals surface area contributed by atoms with Crippen LogP contribution >= 0.6 is 0 Å². The van der Waals surface area contributed by atoms with E-state index in [-0.39, 0.29) is 0 Å². The highest BCUT2D eigenvalue weighted by Gasteiger charge is 2.50. The predicted molar refractivity (Wildman–Crippen MR) is 29.0 cm³/mol. The van der Waals surface area contributed by atoms with Crippen LogP contribution in [0.5, 0.6) is 0 Å². The number of hydrogen-bond donors (Lipinski definition) is 1. The fourth-order valence-corrected chi connectivity index (χ4v) is 0.651. The standard InChI is InChI=1S/C5H8O5/c1-2-8-5(3-6)9-4(7)10-5/h6H,2-3H2,1H3. The molecule has 5 nitrogen and oxygen atoms in total. The Labute approximate surface area is 57.5 Å². The van der Waals surface area contributed by atoms with Crippen molar-refractivity contribution >= 4 is 6.16 Å². The van der Waals surface area contributed by atoms with Crippen LogP contribution < -0.4 is 0 Å². The van der Waals surface area contributed by atoms with Gasteiger partial charge in [0.15, 0.2) is 6.61 Å². The van der Waals surface area contributed by atoms with E-state index in [9.17, 15) is 4.79 Å². The number of carbonyl (C=O) groups is 1. The van der Waals surface area contributed by atoms with Crippen molar-refractivity contribution in [2.24, 2.45) is 0 Å². The Bertz CT molecular complexity index is 135. The van der Waals surface area contributed by atoms with Crippen LogP contribution in [0.15, 0.2) is 0 Å². The van der Waals surface area contributed by atoms with E-state index in [0.29, 0.717) is 6.61 Å². The molecule has 1 N–H and O–H groups in total. The summed E-state index contributed by atoms with van der Waals surface area (Å²) in [6, 6.07) is 0. The molecule has 0 spiro atoms. The van der Waals surface area contributed by atoms with Crippen LogP contribution in [0.25, 0.3) is 0 Å². The molecule has 0 atom stereocenters. The third-order valence-electron chi connectivity index (χ3n) is 1.04. The monoisotopic (exact) mass is 148 g/mol. The van der Waals surface area contributed by atoms with E-state index < -0.39 is 18.7 Å². The summed E-state index contributed by atoms with van der Waals surface area (Å²) in [6.07, 6.45) is -0.817. The van der Waals surface area contributed by atoms with E-state index in [2.05, 4.69) is 9.47 Å². The average molecular weight is 148 g/mol. The van der Waals surface area contributed by atoms with E-state index in [4.69, 9.17) is 9.84 Å². The van der Waals surface area contributed by atoms with Gasteiger partial charge in [0.05, 0.1) is 6.61 Å². The van der Waals surface area contributed by atoms with Crippen molar-refractivity contribution in [3.63, 3.8) is 0 Å². The molecule has 0 bridgehead atoms. The second kappa shape index (κ2) is 2.43. The van der Waals surface area contributed by atoms with Crippen molar-refractivity contribution in [1.82, 2.24) is 0 Å². The van der Waals surface area contributed by atoms with Gasteiger partial charge in [0, 0.05) is 0 Å². The zero-order valence-corrected chi connectivity index (χ0v) is 5.49. The zero-order chi connectivity index (χ0) is 7.61. The molecule has 0 saturated carbocycles. The summed E-state index contributed by atoms with van der Waals surface area (Å²) in [4.78, 5) is 10.1. The van der Waals surface area contributed by atoms with Crippen molar-refractivity contribution < 1.29 is 24.1 Å². The molecule has 1 heterocycles. The van der Waals surface area contributed by atoms with E-state index in [1.165, 1.54) is 0 Å². The predicted octanol–water partition coefficient (Wildman–Crippen LogP) is -0.164. The number of ether oxygens (including phenoxy) is 3. The Hall–Kier alpha value is -0.810. The molecule has 0 unspecified atom stereocenters. The summed E-state index contributed by atoms with van der Waals surface area (Å²) < 4.78 is 13.5. The highest BCUT2D eigenvalue weighted by atomic mass is 17.0. The highest BCUT2D eigenvalue weighted by Crippen LogP contribution is 2.25. The number of aliphatic hydroxyl groups is 1. The first-order valence-electron chi connectivity index (χ1n) is 2.89. The average Bonchev–Trinajstić information content (AvgIpc) is 1.84. The summed E-state index contributed by atoms with van der Waals surface area (Å²) in [5.41, 5.74) is 0. The maximum atomic E-state index is 10.1. The van der Waals surface area contributed by atoms with Gasteiger partial charge in [-0.3, -0.25) is 0 Å². The Morgan fingerprint density at radius 2 is 2.30 bits per heavy atom. The molecular weight excluding hydrogens is 140 g/mol. The second-order valence-corrected chi connectivity index (χ2v) is 1.73. The summed E-state index contributed by atoms with van der Waals surface area (Å²) >= 11 is 0. The fourth-order valence-electron chi connectivity index (χ4n) is 0.651. The largest absolute Gasteiger partial charge is 0.518 e. The van der Waals surface area contributed by atoms with Gasteiger partial charge < -0.3 is 19.3 Å². The lowest BCUT2D eigenvalue weighted by Gasteiger charge is -2.36. The van der Waals surface area contributed by atoms with E-state index >= 15 is 0 Å². The zero-order valence-electron chi connectivity index (χ0n) is 5.49. The lowest BCUT2D eigenvalue weighted by molar-refractivity contribution is -0.412. The quantitative estimate of drug-likeness (QED) is 0.563. The van der Waals surface area contributed by atoms with Crippen LogP contribution in [-0.4, -0.2) is 30.4 Å². The first-order valence-corrected chi connectivity index (χ1v) is 2.89. The summed E-state index contributed by atoms with van der Waals surface area (Å²) in [5, 5.41) is 8.56. The van der Waals surface area contributed by atoms with E-state index in [0.717, 1.165) is 0 Å². The van der Waals surface area contributed by atoms with Gasteiger partial charge in [0.2, 0.25) is 0 Å². The van der Waals surface area contributed by atoms with Crippen molar-refractivity contribution in [2.45, 2.75) is 12.9 Å². The molecule has 1 saturated heterocycles. The normalized spacial score (nSPS) is 20.8. The Morgan fingerprint density at radius 1 is 1.70 bits per heavy atom. The minimum atomic E-state index is -1.51. The fraction of sp³-hybridized carbons (Fsp3) is 0.800. The molecule has 1 aliphatic heterocycles. The molecular formula is C5H8O5. The van der Waals surface area contributed by atoms with Crippen molar-refractivity contribution in [1.29, 1.82) is 0 Å². The van der Waals surface area contributed by atoms with Gasteiger partial charge in [-0.25, -0.2) is 4.79 Å². The van der Waals surface area contributed by atoms with Crippen molar-refractivity contribution in [3.05, 3.63) is 0 Å². The molecule has 0 aromatic heterocycles. The van der Waals surface area contributed by atoms with Gasteiger partial charge in [-0.1, -0.05) is 0 Å². The third-order valence-corrected chi connectivity index (χ3v) is 1.04. The Morgan fingerprint density at radius 3 is 2.60 bits per heavy atom. The van der Waals surface area contributed by atoms with Gasteiger partial charge in [0.25, 0.3) is 0 Å². The molecule has 10 heavy (non-hydrogen) atoms. The van der Waals surface area contributed by atoms with Crippen LogP contribution in [0.3, 0.4) is 0 Å². The van der Waals surface area contributed by atoms with E-state index in [1.807, 2.05) is 0 Å². The Kier molecular flexibility index (Phi) is 1.78. The molecule has 0 aromatic rings. The van der Waals surface area contributed by atoms with Gasteiger partial charge in [0.1, 0.15) is 0 Å². The Balaban J connectivity index is 2.39. The number of aliphatic hydroxyl groups excluding tert-OH is 1. The summed E-state index contributed by atoms with van der Waals surface area (Å²) in [6.45, 7) is 1.54. The van der Waals surface area contributed by atoms with Crippen LogP contribution in [0, 0.1) is 0 Å². The first kappa shape index (κ1) is 7.30. The summed E-state index contributed by atoms with van der Waals surface area (Å²) in [5.74, 6) is -1.51. The topological polar surface area (TPSA) is 65.0 Å². The second-order valence-electron chi connectivity index (χ2n) is 1.73.